The number of nitrogen functional groups attached to an aromatic ring is 1. The number of rotatable bonds is 4. The van der Waals surface area contributed by atoms with E-state index < -0.39 is 5.91 Å². The van der Waals surface area contributed by atoms with Crippen molar-refractivity contribution in [2.24, 2.45) is 5.84 Å². The average molecular weight is 295 g/mol. The first-order valence-electron chi connectivity index (χ1n) is 5.41. The standard InChI is InChI=1S/C12H11ClN4OS/c13-9-4-2-6-15-12(9)19-7-8-3-1-5-10(16-8)11(18)17-14/h1-6H,7,14H2,(H,17,18). The molecule has 0 saturated carbocycles. The van der Waals surface area contributed by atoms with Crippen LogP contribution in [0.1, 0.15) is 16.2 Å². The van der Waals surface area contributed by atoms with Crippen LogP contribution >= 0.6 is 23.4 Å². The molecule has 0 atom stereocenters. The highest BCUT2D eigenvalue weighted by molar-refractivity contribution is 7.98. The Labute approximate surface area is 119 Å². The minimum Gasteiger partial charge on any atom is -0.289 e. The second kappa shape index (κ2) is 6.51. The van der Waals surface area contributed by atoms with Crippen molar-refractivity contribution in [2.45, 2.75) is 10.8 Å². The zero-order valence-electron chi connectivity index (χ0n) is 9.84. The number of nitrogens with one attached hydrogen (secondary N) is 1. The van der Waals surface area contributed by atoms with Crippen molar-refractivity contribution < 1.29 is 4.79 Å². The van der Waals surface area contributed by atoms with Crippen LogP contribution in [0.2, 0.25) is 5.02 Å². The third-order valence-corrected chi connectivity index (χ3v) is 3.71. The summed E-state index contributed by atoms with van der Waals surface area (Å²) in [5.74, 6) is 5.22. The summed E-state index contributed by atoms with van der Waals surface area (Å²) in [6.07, 6.45) is 1.68. The van der Waals surface area contributed by atoms with E-state index in [2.05, 4.69) is 9.97 Å². The molecule has 19 heavy (non-hydrogen) atoms. The molecule has 0 aliphatic carbocycles. The second-order valence-corrected chi connectivity index (χ2v) is 4.94. The Morgan fingerprint density at radius 2 is 2.21 bits per heavy atom. The number of carbonyl (C=O) groups excluding carboxylic acids is 1. The van der Waals surface area contributed by atoms with Gasteiger partial charge < -0.3 is 0 Å². The van der Waals surface area contributed by atoms with Crippen molar-refractivity contribution in [3.8, 4) is 0 Å². The number of carbonyl (C=O) groups is 1. The van der Waals surface area contributed by atoms with Crippen LogP contribution in [0.5, 0.6) is 0 Å². The lowest BCUT2D eigenvalue weighted by atomic mass is 10.3. The molecule has 2 heterocycles. The molecule has 0 aliphatic heterocycles. The van der Waals surface area contributed by atoms with Crippen LogP contribution < -0.4 is 11.3 Å². The maximum Gasteiger partial charge on any atom is 0.283 e. The number of thioether (sulfide) groups is 1. The van der Waals surface area contributed by atoms with Crippen LogP contribution in [0.4, 0.5) is 0 Å². The first kappa shape index (κ1) is 13.8. The molecular formula is C12H11ClN4OS. The SMILES string of the molecule is NNC(=O)c1cccc(CSc2ncccc2Cl)n1. The fourth-order valence-electron chi connectivity index (χ4n) is 1.38. The molecule has 2 aromatic heterocycles. The van der Waals surface area contributed by atoms with Crippen molar-refractivity contribution in [2.75, 3.05) is 0 Å². The molecule has 2 rings (SSSR count). The molecule has 0 aliphatic rings. The summed E-state index contributed by atoms with van der Waals surface area (Å²) in [7, 11) is 0. The molecule has 0 spiro atoms. The van der Waals surface area contributed by atoms with E-state index in [4.69, 9.17) is 17.4 Å². The molecule has 5 nitrogen and oxygen atoms in total. The lowest BCUT2D eigenvalue weighted by Crippen LogP contribution is -2.30. The predicted molar refractivity (Wildman–Crippen MR) is 74.7 cm³/mol. The highest BCUT2D eigenvalue weighted by Gasteiger charge is 2.07. The number of hydrogen-bond donors (Lipinski definition) is 2. The first-order chi connectivity index (χ1) is 9.20. The van der Waals surface area contributed by atoms with Crippen LogP contribution in [0.25, 0.3) is 0 Å². The van der Waals surface area contributed by atoms with Gasteiger partial charge in [0.25, 0.3) is 5.91 Å². The molecular weight excluding hydrogens is 284 g/mol. The zero-order valence-corrected chi connectivity index (χ0v) is 11.4. The number of amides is 1. The molecule has 7 heteroatoms. The van der Waals surface area contributed by atoms with E-state index in [1.54, 1.807) is 30.5 Å². The molecule has 0 saturated heterocycles. The Kier molecular flexibility index (Phi) is 4.73. The maximum absolute atomic E-state index is 11.4. The summed E-state index contributed by atoms with van der Waals surface area (Å²) < 4.78 is 0. The van der Waals surface area contributed by atoms with Crippen molar-refractivity contribution in [1.82, 2.24) is 15.4 Å². The van der Waals surface area contributed by atoms with E-state index in [9.17, 15) is 4.79 Å². The lowest BCUT2D eigenvalue weighted by molar-refractivity contribution is 0.0948. The summed E-state index contributed by atoms with van der Waals surface area (Å²) in [5.41, 5.74) is 3.09. The minimum atomic E-state index is -0.414. The highest BCUT2D eigenvalue weighted by atomic mass is 35.5. The van der Waals surface area contributed by atoms with Gasteiger partial charge in [-0.25, -0.2) is 15.8 Å². The number of hydrogen-bond acceptors (Lipinski definition) is 5. The monoisotopic (exact) mass is 294 g/mol. The molecule has 0 radical (unpaired) electrons. The fourth-order valence-corrected chi connectivity index (χ4v) is 2.45. The van der Waals surface area contributed by atoms with Crippen LogP contribution in [-0.2, 0) is 5.75 Å². The first-order valence-corrected chi connectivity index (χ1v) is 6.77. The Balaban J connectivity index is 2.08. The van der Waals surface area contributed by atoms with E-state index in [1.807, 2.05) is 11.5 Å². The maximum atomic E-state index is 11.4. The highest BCUT2D eigenvalue weighted by Crippen LogP contribution is 2.26. The van der Waals surface area contributed by atoms with Crippen molar-refractivity contribution in [3.63, 3.8) is 0 Å². The van der Waals surface area contributed by atoms with E-state index in [0.717, 1.165) is 10.7 Å². The van der Waals surface area contributed by atoms with Gasteiger partial charge in [-0.3, -0.25) is 10.2 Å². The Morgan fingerprint density at radius 3 is 2.95 bits per heavy atom. The van der Waals surface area contributed by atoms with E-state index in [1.165, 1.54) is 11.8 Å². The molecule has 2 aromatic rings. The fraction of sp³-hybridized carbons (Fsp3) is 0.0833. The molecule has 0 aromatic carbocycles. The molecule has 1 amide bonds. The third kappa shape index (κ3) is 3.66. The Morgan fingerprint density at radius 1 is 1.37 bits per heavy atom. The summed E-state index contributed by atoms with van der Waals surface area (Å²) in [4.78, 5) is 19.7. The summed E-state index contributed by atoms with van der Waals surface area (Å²) in [6.45, 7) is 0. The van der Waals surface area contributed by atoms with Gasteiger partial charge in [0.15, 0.2) is 0 Å². The molecule has 98 valence electrons. The van der Waals surface area contributed by atoms with E-state index in [-0.39, 0.29) is 5.69 Å². The van der Waals surface area contributed by atoms with Gasteiger partial charge in [-0.1, -0.05) is 29.4 Å². The van der Waals surface area contributed by atoms with Crippen molar-refractivity contribution >= 4 is 29.3 Å². The Bertz CT molecular complexity index is 593. The minimum absolute atomic E-state index is 0.285. The number of nitrogens with zero attached hydrogens (tertiary/aromatic N) is 2. The number of aromatic nitrogens is 2. The second-order valence-electron chi connectivity index (χ2n) is 3.57. The van der Waals surface area contributed by atoms with Gasteiger partial charge in [-0.2, -0.15) is 0 Å². The number of nitrogens with two attached hydrogens (primary N) is 1. The topological polar surface area (TPSA) is 80.9 Å². The number of hydrazine groups is 1. The van der Waals surface area contributed by atoms with Gasteiger partial charge in [0.2, 0.25) is 0 Å². The van der Waals surface area contributed by atoms with Crippen LogP contribution in [0.3, 0.4) is 0 Å². The van der Waals surface area contributed by atoms with Crippen molar-refractivity contribution in [3.05, 3.63) is 52.9 Å². The van der Waals surface area contributed by atoms with Crippen LogP contribution in [0, 0.1) is 0 Å². The quantitative estimate of drug-likeness (QED) is 0.390. The molecule has 0 unspecified atom stereocenters. The summed E-state index contributed by atoms with van der Waals surface area (Å²) in [6, 6.07) is 8.74. The molecule has 0 fully saturated rings. The van der Waals surface area contributed by atoms with Crippen molar-refractivity contribution in [1.29, 1.82) is 0 Å². The normalized spacial score (nSPS) is 10.2. The third-order valence-electron chi connectivity index (χ3n) is 2.25. The van der Waals surface area contributed by atoms with Gasteiger partial charge in [-0.05, 0) is 24.3 Å². The summed E-state index contributed by atoms with van der Waals surface area (Å²) >= 11 is 7.47. The Hall–Kier alpha value is -1.63. The van der Waals surface area contributed by atoms with Gasteiger partial charge >= 0.3 is 0 Å². The largest absolute Gasteiger partial charge is 0.289 e. The lowest BCUT2D eigenvalue weighted by Gasteiger charge is -2.04. The van der Waals surface area contributed by atoms with E-state index >= 15 is 0 Å². The van der Waals surface area contributed by atoms with Gasteiger partial charge in [0.1, 0.15) is 10.7 Å². The predicted octanol–water partition coefficient (Wildman–Crippen LogP) is 2.03. The van der Waals surface area contributed by atoms with Gasteiger partial charge in [0.05, 0.1) is 10.7 Å². The average Bonchev–Trinajstić information content (AvgIpc) is 2.46. The van der Waals surface area contributed by atoms with E-state index in [0.29, 0.717) is 10.8 Å². The molecule has 3 N–H and O–H groups in total. The smallest absolute Gasteiger partial charge is 0.283 e. The van der Waals surface area contributed by atoms with Crippen LogP contribution in [-0.4, -0.2) is 15.9 Å². The number of halogens is 1. The number of pyridine rings is 2. The zero-order chi connectivity index (χ0) is 13.7. The summed E-state index contributed by atoms with van der Waals surface area (Å²) in [5, 5.41) is 1.34. The van der Waals surface area contributed by atoms with Gasteiger partial charge in [0, 0.05) is 11.9 Å². The van der Waals surface area contributed by atoms with Gasteiger partial charge in [-0.15, -0.1) is 0 Å². The molecule has 0 bridgehead atoms. The van der Waals surface area contributed by atoms with Crippen LogP contribution in [0.15, 0.2) is 41.6 Å².